The summed E-state index contributed by atoms with van der Waals surface area (Å²) in [7, 11) is 0. The molecule has 0 aromatic carbocycles. The normalized spacial score (nSPS) is 31.9. The number of β-amino-alcohol motifs (C(OH)–C–C–N with tert-alkyl or cyclic N) is 1. The van der Waals surface area contributed by atoms with Crippen molar-refractivity contribution in [1.82, 2.24) is 4.90 Å². The number of aliphatic hydroxyl groups is 1. The Kier molecular flexibility index (Phi) is 2.04. The number of likely N-dealkylation sites (tertiary alicyclic amines) is 1. The van der Waals surface area contributed by atoms with Crippen LogP contribution in [0.15, 0.2) is 0 Å². The van der Waals surface area contributed by atoms with Crippen molar-refractivity contribution in [3.63, 3.8) is 0 Å². The lowest BCUT2D eigenvalue weighted by Gasteiger charge is -2.21. The van der Waals surface area contributed by atoms with Crippen LogP contribution in [0.25, 0.3) is 0 Å². The van der Waals surface area contributed by atoms with Crippen LogP contribution in [0, 0.1) is 11.8 Å². The molecule has 3 unspecified atom stereocenters. The molecule has 1 N–H and O–H groups in total. The van der Waals surface area contributed by atoms with Crippen molar-refractivity contribution in [2.75, 3.05) is 6.54 Å². The average molecular weight is 223 g/mol. The summed E-state index contributed by atoms with van der Waals surface area (Å²) in [6.07, 6.45) is -7.01. The van der Waals surface area contributed by atoms with Crippen LogP contribution in [0.5, 0.6) is 0 Å². The number of alkyl halides is 3. The molecule has 0 aromatic rings. The summed E-state index contributed by atoms with van der Waals surface area (Å²) in [5, 5.41) is 8.71. The van der Waals surface area contributed by atoms with Crippen molar-refractivity contribution in [3.05, 3.63) is 0 Å². The predicted octanol–water partition coefficient (Wildman–Crippen LogP) is -0.0855. The third kappa shape index (κ3) is 1.60. The Bertz CT molecular complexity index is 308. The van der Waals surface area contributed by atoms with Crippen LogP contribution in [0.1, 0.15) is 6.42 Å². The van der Waals surface area contributed by atoms with E-state index in [2.05, 4.69) is 0 Å². The third-order valence-corrected chi connectivity index (χ3v) is 2.69. The van der Waals surface area contributed by atoms with E-state index < -0.39 is 42.5 Å². The molecule has 2 fully saturated rings. The van der Waals surface area contributed by atoms with Gasteiger partial charge in [0.2, 0.25) is 11.8 Å². The van der Waals surface area contributed by atoms with Gasteiger partial charge in [-0.25, -0.2) is 0 Å². The van der Waals surface area contributed by atoms with Crippen LogP contribution in [0.3, 0.4) is 0 Å². The van der Waals surface area contributed by atoms with Crippen molar-refractivity contribution >= 4 is 11.8 Å². The Morgan fingerprint density at radius 1 is 1.33 bits per heavy atom. The molecule has 2 aliphatic rings. The number of imide groups is 1. The molecule has 2 amide bonds. The number of carbonyl (C=O) groups is 2. The minimum absolute atomic E-state index is 0.432. The molecule has 4 nitrogen and oxygen atoms in total. The Morgan fingerprint density at radius 3 is 2.20 bits per heavy atom. The monoisotopic (exact) mass is 223 g/mol. The quantitative estimate of drug-likeness (QED) is 0.666. The molecule has 1 aliphatic carbocycles. The van der Waals surface area contributed by atoms with Gasteiger partial charge in [-0.15, -0.1) is 0 Å². The van der Waals surface area contributed by atoms with Crippen molar-refractivity contribution < 1.29 is 27.9 Å². The van der Waals surface area contributed by atoms with E-state index in [1.54, 1.807) is 0 Å². The first-order valence-corrected chi connectivity index (χ1v) is 4.42. The number of halogens is 3. The number of nitrogens with zero attached hydrogens (tertiary/aromatic N) is 1. The Labute approximate surface area is 82.7 Å². The zero-order chi connectivity index (χ0) is 11.4. The van der Waals surface area contributed by atoms with Gasteiger partial charge in [-0.05, 0) is 6.42 Å². The van der Waals surface area contributed by atoms with Crippen molar-refractivity contribution in [1.29, 1.82) is 0 Å². The van der Waals surface area contributed by atoms with Gasteiger partial charge in [0.1, 0.15) is 0 Å². The number of carbonyl (C=O) groups excluding carboxylic acids is 2. The summed E-state index contributed by atoms with van der Waals surface area (Å²) in [5.41, 5.74) is 0. The number of hydrogen-bond acceptors (Lipinski definition) is 3. The van der Waals surface area contributed by atoms with Crippen molar-refractivity contribution in [2.45, 2.75) is 18.7 Å². The third-order valence-electron chi connectivity index (χ3n) is 2.69. The number of rotatable bonds is 2. The van der Waals surface area contributed by atoms with Crippen LogP contribution < -0.4 is 0 Å². The molecule has 7 heteroatoms. The van der Waals surface area contributed by atoms with Crippen LogP contribution in [-0.2, 0) is 9.59 Å². The number of amides is 2. The fourth-order valence-electron chi connectivity index (χ4n) is 1.71. The summed E-state index contributed by atoms with van der Waals surface area (Å²) in [6, 6.07) is 0. The fourth-order valence-corrected chi connectivity index (χ4v) is 1.71. The minimum Gasteiger partial charge on any atom is -0.382 e. The summed E-state index contributed by atoms with van der Waals surface area (Å²) in [4.78, 5) is 23.0. The molecule has 1 saturated carbocycles. The standard InChI is InChI=1S/C8H8F3NO3/c9-8(10,11)5(13)2-12-6(14)3-1-4(3)7(12)15/h3-5,13H,1-2H2. The van der Waals surface area contributed by atoms with Crippen molar-refractivity contribution in [2.24, 2.45) is 11.8 Å². The predicted molar refractivity (Wildman–Crippen MR) is 40.4 cm³/mol. The summed E-state index contributed by atoms with van der Waals surface area (Å²) < 4.78 is 35.9. The highest BCUT2D eigenvalue weighted by molar-refractivity contribution is 6.08. The van der Waals surface area contributed by atoms with Crippen molar-refractivity contribution in [3.8, 4) is 0 Å². The lowest BCUT2D eigenvalue weighted by Crippen LogP contribution is -2.44. The van der Waals surface area contributed by atoms with E-state index in [1.807, 2.05) is 0 Å². The number of hydrogen-bond donors (Lipinski definition) is 1. The van der Waals surface area contributed by atoms with E-state index >= 15 is 0 Å². The summed E-state index contributed by atoms with van der Waals surface area (Å²) in [6.45, 7) is -0.978. The molecule has 84 valence electrons. The van der Waals surface area contributed by atoms with Gasteiger partial charge in [0.05, 0.1) is 18.4 Å². The number of fused-ring (bicyclic) bond motifs is 1. The zero-order valence-corrected chi connectivity index (χ0v) is 7.49. The van der Waals surface area contributed by atoms with Gasteiger partial charge < -0.3 is 5.11 Å². The summed E-state index contributed by atoms with van der Waals surface area (Å²) in [5.74, 6) is -2.04. The van der Waals surface area contributed by atoms with E-state index in [4.69, 9.17) is 5.11 Å². The van der Waals surface area contributed by atoms with E-state index in [-0.39, 0.29) is 0 Å². The molecule has 0 radical (unpaired) electrons. The second-order valence-corrected chi connectivity index (χ2v) is 3.79. The first kappa shape index (κ1) is 10.4. The first-order chi connectivity index (χ1) is 6.82. The van der Waals surface area contributed by atoms with Crippen LogP contribution in [-0.4, -0.2) is 40.6 Å². The van der Waals surface area contributed by atoms with Gasteiger partial charge in [-0.2, -0.15) is 13.2 Å². The van der Waals surface area contributed by atoms with E-state index in [1.165, 1.54) is 0 Å². The molecule has 3 atom stereocenters. The largest absolute Gasteiger partial charge is 0.416 e. The van der Waals surface area contributed by atoms with Gasteiger partial charge in [-0.3, -0.25) is 14.5 Å². The van der Waals surface area contributed by atoms with Gasteiger partial charge >= 0.3 is 6.18 Å². The van der Waals surface area contributed by atoms with Gasteiger partial charge in [0.25, 0.3) is 0 Å². The maximum atomic E-state index is 12.0. The lowest BCUT2D eigenvalue weighted by molar-refractivity contribution is -0.208. The number of aliphatic hydroxyl groups excluding tert-OH is 1. The topological polar surface area (TPSA) is 57.6 Å². The molecule has 1 aliphatic heterocycles. The first-order valence-electron chi connectivity index (χ1n) is 4.42. The Hall–Kier alpha value is -1.11. The molecular weight excluding hydrogens is 215 g/mol. The highest BCUT2D eigenvalue weighted by atomic mass is 19.4. The summed E-state index contributed by atoms with van der Waals surface area (Å²) >= 11 is 0. The molecule has 0 aromatic heterocycles. The molecule has 2 rings (SSSR count). The van der Waals surface area contributed by atoms with Gasteiger partial charge in [0.15, 0.2) is 6.10 Å². The van der Waals surface area contributed by atoms with Gasteiger partial charge in [-0.1, -0.05) is 0 Å². The second kappa shape index (κ2) is 2.94. The molecule has 0 spiro atoms. The Balaban J connectivity index is 2.01. The smallest absolute Gasteiger partial charge is 0.382 e. The molecule has 15 heavy (non-hydrogen) atoms. The van der Waals surface area contributed by atoms with Crippen LogP contribution >= 0.6 is 0 Å². The van der Waals surface area contributed by atoms with Crippen LogP contribution in [0.2, 0.25) is 0 Å². The van der Waals surface area contributed by atoms with E-state index in [9.17, 15) is 22.8 Å². The van der Waals surface area contributed by atoms with Gasteiger partial charge in [0, 0.05) is 0 Å². The lowest BCUT2D eigenvalue weighted by atomic mass is 10.3. The molecule has 0 bridgehead atoms. The molecule has 1 heterocycles. The fraction of sp³-hybridized carbons (Fsp3) is 0.750. The molecular formula is C8H8F3NO3. The van der Waals surface area contributed by atoms with Crippen LogP contribution in [0.4, 0.5) is 13.2 Å². The molecule has 1 saturated heterocycles. The van der Waals surface area contributed by atoms with E-state index in [0.717, 1.165) is 0 Å². The highest BCUT2D eigenvalue weighted by Crippen LogP contribution is 2.47. The number of piperidine rings is 1. The zero-order valence-electron chi connectivity index (χ0n) is 7.49. The maximum Gasteiger partial charge on any atom is 0.416 e. The Morgan fingerprint density at radius 2 is 1.80 bits per heavy atom. The average Bonchev–Trinajstić information content (AvgIpc) is 2.84. The second-order valence-electron chi connectivity index (χ2n) is 3.79. The SMILES string of the molecule is O=C1C2CC2C(=O)N1CC(O)C(F)(F)F. The van der Waals surface area contributed by atoms with E-state index in [0.29, 0.717) is 11.3 Å². The minimum atomic E-state index is -4.80. The maximum absolute atomic E-state index is 12.0. The highest BCUT2D eigenvalue weighted by Gasteiger charge is 2.59.